The third kappa shape index (κ3) is 1.58. The molecule has 0 bridgehead atoms. The van der Waals surface area contributed by atoms with E-state index in [0.717, 1.165) is 0 Å². The van der Waals surface area contributed by atoms with Crippen molar-refractivity contribution in [3.05, 3.63) is 0 Å². The molecular weight excluding hydrogens is 160 g/mol. The lowest BCUT2D eigenvalue weighted by molar-refractivity contribution is 0.599. The zero-order valence-electron chi connectivity index (χ0n) is 5.17. The number of alkyl halides is 1. The molecule has 1 heterocycles. The van der Waals surface area contributed by atoms with Crippen molar-refractivity contribution in [2.24, 2.45) is 5.92 Å². The minimum absolute atomic E-state index is 0.136. The van der Waals surface area contributed by atoms with Gasteiger partial charge in [-0.05, 0) is 5.92 Å². The van der Waals surface area contributed by atoms with E-state index in [-0.39, 0.29) is 22.8 Å². The highest BCUT2D eigenvalue weighted by Crippen LogP contribution is 2.22. The molecule has 4 heteroatoms. The van der Waals surface area contributed by atoms with Gasteiger partial charge < -0.3 is 0 Å². The first kappa shape index (κ1) is 7.35. The van der Waals surface area contributed by atoms with Crippen LogP contribution in [0.5, 0.6) is 0 Å². The van der Waals surface area contributed by atoms with Gasteiger partial charge in [0.15, 0.2) is 9.84 Å². The van der Waals surface area contributed by atoms with Crippen LogP contribution >= 0.6 is 11.6 Å². The Bertz CT molecular complexity index is 181. The fourth-order valence-corrected chi connectivity index (χ4v) is 3.73. The molecule has 0 N–H and O–H groups in total. The molecule has 2 unspecified atom stereocenters. The van der Waals surface area contributed by atoms with Crippen LogP contribution in [0.25, 0.3) is 0 Å². The van der Waals surface area contributed by atoms with E-state index in [0.29, 0.717) is 0 Å². The Labute approximate surface area is 60.1 Å². The lowest BCUT2D eigenvalue weighted by Gasteiger charge is -1.99. The molecule has 0 aromatic carbocycles. The van der Waals surface area contributed by atoms with Gasteiger partial charge in [-0.25, -0.2) is 8.42 Å². The topological polar surface area (TPSA) is 34.1 Å². The quantitative estimate of drug-likeness (QED) is 0.498. The maximum atomic E-state index is 10.8. The van der Waals surface area contributed by atoms with Crippen molar-refractivity contribution in [2.75, 3.05) is 11.5 Å². The van der Waals surface area contributed by atoms with Gasteiger partial charge in [0.25, 0.3) is 0 Å². The summed E-state index contributed by atoms with van der Waals surface area (Å²) in [5.41, 5.74) is 0. The fraction of sp³-hybridized carbons (Fsp3) is 1.00. The maximum absolute atomic E-state index is 10.8. The van der Waals surface area contributed by atoms with E-state index in [2.05, 4.69) is 0 Å². The molecule has 9 heavy (non-hydrogen) atoms. The van der Waals surface area contributed by atoms with Crippen molar-refractivity contribution in [2.45, 2.75) is 12.3 Å². The Hall–Kier alpha value is 0.240. The molecule has 0 amide bonds. The Morgan fingerprint density at radius 3 is 2.11 bits per heavy atom. The summed E-state index contributed by atoms with van der Waals surface area (Å²) < 4.78 is 21.5. The molecule has 1 fully saturated rings. The van der Waals surface area contributed by atoms with Gasteiger partial charge in [-0.15, -0.1) is 11.6 Å². The molecule has 0 saturated carbocycles. The highest BCUT2D eigenvalue weighted by atomic mass is 35.5. The van der Waals surface area contributed by atoms with Crippen molar-refractivity contribution in [1.29, 1.82) is 0 Å². The highest BCUT2D eigenvalue weighted by molar-refractivity contribution is 7.91. The van der Waals surface area contributed by atoms with Gasteiger partial charge in [-0.3, -0.25) is 0 Å². The Morgan fingerprint density at radius 2 is 2.00 bits per heavy atom. The van der Waals surface area contributed by atoms with Gasteiger partial charge in [0.05, 0.1) is 16.9 Å². The van der Waals surface area contributed by atoms with Crippen LogP contribution in [0.3, 0.4) is 0 Å². The zero-order valence-corrected chi connectivity index (χ0v) is 6.74. The SMILES string of the molecule is CC1CS(=O)(=O)CC1Cl. The van der Waals surface area contributed by atoms with Gasteiger partial charge >= 0.3 is 0 Å². The van der Waals surface area contributed by atoms with Crippen molar-refractivity contribution in [3.63, 3.8) is 0 Å². The Balaban J connectivity index is 2.77. The predicted molar refractivity (Wildman–Crippen MR) is 37.5 cm³/mol. The van der Waals surface area contributed by atoms with E-state index in [4.69, 9.17) is 11.6 Å². The molecule has 1 aliphatic heterocycles. The third-order valence-electron chi connectivity index (χ3n) is 1.55. The van der Waals surface area contributed by atoms with Gasteiger partial charge in [0.2, 0.25) is 0 Å². The van der Waals surface area contributed by atoms with E-state index in [1.807, 2.05) is 6.92 Å². The number of halogens is 1. The Kier molecular flexibility index (Phi) is 1.74. The number of sulfone groups is 1. The van der Waals surface area contributed by atoms with Crippen LogP contribution in [0.15, 0.2) is 0 Å². The average Bonchev–Trinajstić information content (AvgIpc) is 1.79. The second-order valence-corrected chi connectivity index (χ2v) is 5.28. The molecule has 0 aliphatic carbocycles. The summed E-state index contributed by atoms with van der Waals surface area (Å²) in [6.07, 6.45) is 0. The highest BCUT2D eigenvalue weighted by Gasteiger charge is 2.32. The standard InChI is InChI=1S/C5H9ClO2S/c1-4-2-9(7,8)3-5(4)6/h4-5H,2-3H2,1H3. The van der Waals surface area contributed by atoms with Crippen molar-refractivity contribution < 1.29 is 8.42 Å². The molecule has 2 nitrogen and oxygen atoms in total. The first-order valence-corrected chi connectivity index (χ1v) is 5.11. The molecule has 0 spiro atoms. The van der Waals surface area contributed by atoms with E-state index in [9.17, 15) is 8.42 Å². The maximum Gasteiger partial charge on any atom is 0.152 e. The molecule has 54 valence electrons. The largest absolute Gasteiger partial charge is 0.229 e. The minimum atomic E-state index is -2.78. The van der Waals surface area contributed by atoms with Gasteiger partial charge in [0.1, 0.15) is 0 Å². The Morgan fingerprint density at radius 1 is 1.44 bits per heavy atom. The smallest absolute Gasteiger partial charge is 0.152 e. The van der Waals surface area contributed by atoms with Crippen LogP contribution in [0.4, 0.5) is 0 Å². The molecule has 0 aromatic heterocycles. The van der Waals surface area contributed by atoms with Crippen LogP contribution in [0, 0.1) is 5.92 Å². The zero-order chi connectivity index (χ0) is 7.07. The lowest BCUT2D eigenvalue weighted by atomic mass is 10.2. The summed E-state index contributed by atoms with van der Waals surface area (Å²) >= 11 is 5.67. The van der Waals surface area contributed by atoms with E-state index >= 15 is 0 Å². The molecule has 0 radical (unpaired) electrons. The molecule has 1 aliphatic rings. The fourth-order valence-electron chi connectivity index (χ4n) is 0.980. The van der Waals surface area contributed by atoms with E-state index in [1.165, 1.54) is 0 Å². The molecule has 2 atom stereocenters. The normalized spacial score (nSPS) is 41.1. The van der Waals surface area contributed by atoms with Crippen molar-refractivity contribution >= 4 is 21.4 Å². The summed E-state index contributed by atoms with van der Waals surface area (Å²) in [6.45, 7) is 1.86. The van der Waals surface area contributed by atoms with Gasteiger partial charge in [0, 0.05) is 0 Å². The average molecular weight is 169 g/mol. The minimum Gasteiger partial charge on any atom is -0.229 e. The summed E-state index contributed by atoms with van der Waals surface area (Å²) in [7, 11) is -2.78. The molecule has 1 saturated heterocycles. The van der Waals surface area contributed by atoms with E-state index in [1.54, 1.807) is 0 Å². The summed E-state index contributed by atoms with van der Waals surface area (Å²) in [6, 6.07) is 0. The summed E-state index contributed by atoms with van der Waals surface area (Å²) in [5.74, 6) is 0.563. The first-order valence-electron chi connectivity index (χ1n) is 2.86. The van der Waals surface area contributed by atoms with Crippen LogP contribution in [-0.2, 0) is 9.84 Å². The number of hydrogen-bond donors (Lipinski definition) is 0. The van der Waals surface area contributed by atoms with Gasteiger partial charge in [-0.2, -0.15) is 0 Å². The predicted octanol–water partition coefficient (Wildman–Crippen LogP) is 0.658. The number of hydrogen-bond acceptors (Lipinski definition) is 2. The van der Waals surface area contributed by atoms with Crippen LogP contribution in [0.1, 0.15) is 6.92 Å². The third-order valence-corrected chi connectivity index (χ3v) is 4.22. The van der Waals surface area contributed by atoms with Crippen molar-refractivity contribution in [1.82, 2.24) is 0 Å². The molecule has 0 aromatic rings. The molecule has 1 rings (SSSR count). The van der Waals surface area contributed by atoms with E-state index < -0.39 is 9.84 Å². The lowest BCUT2D eigenvalue weighted by Crippen LogP contribution is -2.06. The second kappa shape index (κ2) is 2.13. The van der Waals surface area contributed by atoms with Crippen molar-refractivity contribution in [3.8, 4) is 0 Å². The summed E-state index contributed by atoms with van der Waals surface area (Å²) in [4.78, 5) is 0. The second-order valence-electron chi connectivity index (χ2n) is 2.57. The number of rotatable bonds is 0. The molecular formula is C5H9ClO2S. The first-order chi connectivity index (χ1) is 4.01. The van der Waals surface area contributed by atoms with Gasteiger partial charge in [-0.1, -0.05) is 6.92 Å². The monoisotopic (exact) mass is 168 g/mol. The van der Waals surface area contributed by atoms with Crippen LogP contribution in [0.2, 0.25) is 0 Å². The van der Waals surface area contributed by atoms with Crippen LogP contribution < -0.4 is 0 Å². The summed E-state index contributed by atoms with van der Waals surface area (Å²) in [5, 5.41) is -0.157. The van der Waals surface area contributed by atoms with Crippen LogP contribution in [-0.4, -0.2) is 25.3 Å².